The van der Waals surface area contributed by atoms with Gasteiger partial charge in [0.25, 0.3) is 0 Å². The molecule has 0 saturated carbocycles. The van der Waals surface area contributed by atoms with E-state index < -0.39 is 0 Å². The van der Waals surface area contributed by atoms with E-state index in [0.29, 0.717) is 10.7 Å². The van der Waals surface area contributed by atoms with Gasteiger partial charge in [-0.1, -0.05) is 0 Å². The molecule has 2 heterocycles. The van der Waals surface area contributed by atoms with Gasteiger partial charge in [-0.25, -0.2) is 4.79 Å². The third-order valence-electron chi connectivity index (χ3n) is 3.62. The van der Waals surface area contributed by atoms with Gasteiger partial charge >= 0.3 is 5.63 Å². The first kappa shape index (κ1) is 16.2. The Hall–Kier alpha value is -2.67. The van der Waals surface area contributed by atoms with E-state index in [9.17, 15) is 4.79 Å². The maximum absolute atomic E-state index is 11.5. The van der Waals surface area contributed by atoms with Crippen LogP contribution < -0.4 is 16.3 Å². The minimum absolute atomic E-state index is 0.350. The lowest BCUT2D eigenvalue weighted by molar-refractivity contribution is 0.560. The van der Waals surface area contributed by atoms with Crippen molar-refractivity contribution in [1.29, 1.82) is 0 Å². The monoisotopic (exact) mass is 342 g/mol. The van der Waals surface area contributed by atoms with E-state index in [1.807, 2.05) is 36.0 Å². The average Bonchev–Trinajstić information content (AvgIpc) is 3.04. The molecule has 3 rings (SSSR count). The third kappa shape index (κ3) is 3.99. The van der Waals surface area contributed by atoms with Gasteiger partial charge in [-0.15, -0.1) is 0 Å². The van der Waals surface area contributed by atoms with Crippen LogP contribution in [0, 0.1) is 6.92 Å². The van der Waals surface area contributed by atoms with Gasteiger partial charge in [-0.3, -0.25) is 4.68 Å². The van der Waals surface area contributed by atoms with Crippen LogP contribution in [0.1, 0.15) is 12.0 Å². The van der Waals surface area contributed by atoms with Gasteiger partial charge < -0.3 is 15.1 Å². The number of aryl methyl sites for hydroxylation is 2. The third-order valence-corrected chi connectivity index (χ3v) is 3.86. The van der Waals surface area contributed by atoms with E-state index in [-0.39, 0.29) is 5.63 Å². The number of rotatable bonds is 5. The van der Waals surface area contributed by atoms with Gasteiger partial charge in [0, 0.05) is 48.7 Å². The van der Waals surface area contributed by atoms with Crippen LogP contribution in [-0.4, -0.2) is 21.4 Å². The van der Waals surface area contributed by atoms with Crippen LogP contribution in [0.2, 0.25) is 0 Å². The topological polar surface area (TPSA) is 72.1 Å². The molecule has 1 aromatic carbocycles. The van der Waals surface area contributed by atoms with E-state index in [2.05, 4.69) is 15.7 Å². The molecule has 24 heavy (non-hydrogen) atoms. The Bertz CT molecular complexity index is 903. The molecule has 0 bridgehead atoms. The summed E-state index contributed by atoms with van der Waals surface area (Å²) in [6, 6.07) is 8.99. The van der Waals surface area contributed by atoms with E-state index in [1.165, 1.54) is 6.07 Å². The second-order valence-corrected chi connectivity index (χ2v) is 5.87. The number of fused-ring (bicyclic) bond motifs is 1. The van der Waals surface area contributed by atoms with Crippen molar-refractivity contribution in [2.45, 2.75) is 19.9 Å². The van der Waals surface area contributed by atoms with Crippen molar-refractivity contribution in [3.8, 4) is 0 Å². The number of thiocarbonyl (C=S) groups is 1. The lowest BCUT2D eigenvalue weighted by Crippen LogP contribution is -2.29. The molecule has 2 aromatic heterocycles. The predicted molar refractivity (Wildman–Crippen MR) is 98.3 cm³/mol. The molecule has 0 unspecified atom stereocenters. The van der Waals surface area contributed by atoms with Gasteiger partial charge in [0.05, 0.1) is 0 Å². The number of aromatic nitrogens is 2. The maximum Gasteiger partial charge on any atom is 0.336 e. The van der Waals surface area contributed by atoms with Crippen molar-refractivity contribution in [3.05, 3.63) is 58.7 Å². The minimum Gasteiger partial charge on any atom is -0.423 e. The Kier molecular flexibility index (Phi) is 4.90. The zero-order valence-electron chi connectivity index (χ0n) is 13.3. The number of anilines is 1. The Morgan fingerprint density at radius 2 is 2.25 bits per heavy atom. The molecule has 0 aliphatic heterocycles. The lowest BCUT2D eigenvalue weighted by Gasteiger charge is -2.11. The summed E-state index contributed by atoms with van der Waals surface area (Å²) in [6.07, 6.45) is 4.61. The van der Waals surface area contributed by atoms with Crippen LogP contribution in [0.4, 0.5) is 5.69 Å². The van der Waals surface area contributed by atoms with Crippen LogP contribution >= 0.6 is 12.2 Å². The number of nitrogens with zero attached hydrogens (tertiary/aromatic N) is 2. The van der Waals surface area contributed by atoms with Crippen LogP contribution in [0.15, 0.2) is 51.9 Å². The largest absolute Gasteiger partial charge is 0.423 e. The summed E-state index contributed by atoms with van der Waals surface area (Å²) in [5.41, 5.74) is 1.87. The van der Waals surface area contributed by atoms with Crippen LogP contribution in [0.5, 0.6) is 0 Å². The van der Waals surface area contributed by atoms with Gasteiger partial charge in [-0.05, 0) is 49.3 Å². The molecule has 7 heteroatoms. The standard InChI is InChI=1S/C17H18N4O2S/c1-12-10-16(22)23-15-11-13(4-5-14(12)15)20-17(24)18-6-2-8-21-9-3-7-19-21/h3-5,7,9-11H,2,6,8H2,1H3,(H2,18,20,24). The van der Waals surface area contributed by atoms with Crippen molar-refractivity contribution in [1.82, 2.24) is 15.1 Å². The molecule has 0 saturated heterocycles. The average molecular weight is 342 g/mol. The predicted octanol–water partition coefficient (Wildman–Crippen LogP) is 2.67. The van der Waals surface area contributed by atoms with Gasteiger partial charge in [0.2, 0.25) is 0 Å². The van der Waals surface area contributed by atoms with Crippen LogP contribution in [0.25, 0.3) is 11.0 Å². The summed E-state index contributed by atoms with van der Waals surface area (Å²) in [6.45, 7) is 3.47. The lowest BCUT2D eigenvalue weighted by atomic mass is 10.1. The Morgan fingerprint density at radius 3 is 3.04 bits per heavy atom. The molecule has 3 aromatic rings. The van der Waals surface area contributed by atoms with Crippen LogP contribution in [-0.2, 0) is 6.54 Å². The fraction of sp³-hybridized carbons (Fsp3) is 0.235. The Balaban J connectivity index is 1.56. The van der Waals surface area contributed by atoms with Gasteiger partial charge in [0.1, 0.15) is 5.58 Å². The highest BCUT2D eigenvalue weighted by molar-refractivity contribution is 7.80. The molecular formula is C17H18N4O2S. The van der Waals surface area contributed by atoms with E-state index >= 15 is 0 Å². The summed E-state index contributed by atoms with van der Waals surface area (Å²) >= 11 is 5.29. The molecule has 0 fully saturated rings. The molecular weight excluding hydrogens is 324 g/mol. The van der Waals surface area contributed by atoms with Crippen molar-refractivity contribution < 1.29 is 4.42 Å². The second-order valence-electron chi connectivity index (χ2n) is 5.46. The summed E-state index contributed by atoms with van der Waals surface area (Å²) in [4.78, 5) is 11.5. The summed E-state index contributed by atoms with van der Waals surface area (Å²) in [7, 11) is 0. The molecule has 0 aliphatic carbocycles. The van der Waals surface area contributed by atoms with Crippen molar-refractivity contribution in [2.24, 2.45) is 0 Å². The quantitative estimate of drug-likeness (QED) is 0.422. The molecule has 124 valence electrons. The highest BCUT2D eigenvalue weighted by atomic mass is 32.1. The Labute approximate surface area is 144 Å². The molecule has 0 aliphatic rings. The normalized spacial score (nSPS) is 10.7. The molecule has 6 nitrogen and oxygen atoms in total. The zero-order chi connectivity index (χ0) is 16.9. The van der Waals surface area contributed by atoms with E-state index in [0.717, 1.165) is 36.1 Å². The highest BCUT2D eigenvalue weighted by Crippen LogP contribution is 2.20. The molecule has 0 spiro atoms. The van der Waals surface area contributed by atoms with E-state index in [4.69, 9.17) is 16.6 Å². The maximum atomic E-state index is 11.5. The van der Waals surface area contributed by atoms with Gasteiger partial charge in [0.15, 0.2) is 5.11 Å². The SMILES string of the molecule is Cc1cc(=O)oc2cc(NC(=S)NCCCn3cccn3)ccc12. The first-order chi connectivity index (χ1) is 11.6. The zero-order valence-corrected chi connectivity index (χ0v) is 14.1. The molecule has 0 atom stereocenters. The first-order valence-electron chi connectivity index (χ1n) is 7.68. The minimum atomic E-state index is -0.350. The summed E-state index contributed by atoms with van der Waals surface area (Å²) in [5, 5.41) is 11.8. The summed E-state index contributed by atoms with van der Waals surface area (Å²) in [5.74, 6) is 0. The fourth-order valence-electron chi connectivity index (χ4n) is 2.45. The summed E-state index contributed by atoms with van der Waals surface area (Å²) < 4.78 is 7.12. The highest BCUT2D eigenvalue weighted by Gasteiger charge is 2.04. The smallest absolute Gasteiger partial charge is 0.336 e. The number of nitrogens with one attached hydrogen (secondary N) is 2. The van der Waals surface area contributed by atoms with Crippen LogP contribution in [0.3, 0.4) is 0 Å². The number of hydrogen-bond acceptors (Lipinski definition) is 4. The first-order valence-corrected chi connectivity index (χ1v) is 8.09. The number of hydrogen-bond donors (Lipinski definition) is 2. The van der Waals surface area contributed by atoms with Gasteiger partial charge in [-0.2, -0.15) is 5.10 Å². The molecule has 0 amide bonds. The fourth-order valence-corrected chi connectivity index (χ4v) is 2.67. The number of benzene rings is 1. The van der Waals surface area contributed by atoms with E-state index in [1.54, 1.807) is 12.3 Å². The second kappa shape index (κ2) is 7.27. The molecule has 0 radical (unpaired) electrons. The van der Waals surface area contributed by atoms with Crippen molar-refractivity contribution in [2.75, 3.05) is 11.9 Å². The van der Waals surface area contributed by atoms with Crippen molar-refractivity contribution in [3.63, 3.8) is 0 Å². The Morgan fingerprint density at radius 1 is 1.38 bits per heavy atom. The molecule has 2 N–H and O–H groups in total. The van der Waals surface area contributed by atoms with Crippen molar-refractivity contribution >= 4 is 34.0 Å².